The van der Waals surface area contributed by atoms with Crippen molar-refractivity contribution in [2.24, 2.45) is 0 Å². The molecule has 7 heterocycles. The molecule has 16 unspecified atom stereocenters. The number of amides is 2. The molecular weight excluding hydrogens is 1110 g/mol. The Morgan fingerprint density at radius 3 is 1.10 bits per heavy atom. The molecule has 0 aromatic rings. The lowest BCUT2D eigenvalue weighted by molar-refractivity contribution is -0.401. The molecule has 20 N–H and O–H groups in total. The predicted octanol–water partition coefficient (Wildman–Crippen LogP) is -12.9. The summed E-state index contributed by atoms with van der Waals surface area (Å²) < 4.78 is 77.2. The Morgan fingerprint density at radius 1 is 0.321 bits per heavy atom. The quantitative estimate of drug-likeness (QED) is 0.0606. The maximum absolute atomic E-state index is 13.3. The fourth-order valence-corrected chi connectivity index (χ4v) is 10.6. The van der Waals surface area contributed by atoms with Crippen LogP contribution >= 0.6 is 0 Å². The third-order valence-corrected chi connectivity index (χ3v) is 15.2. The largest absolute Gasteiger partial charge is 0.394 e. The first-order chi connectivity index (χ1) is 38.2. The first-order valence-corrected chi connectivity index (χ1v) is 26.2. The molecule has 470 valence electrons. The molecule has 0 bridgehead atoms. The van der Waals surface area contributed by atoms with E-state index >= 15 is 0 Å². The lowest BCUT2D eigenvalue weighted by Crippen LogP contribution is -2.72. The minimum atomic E-state index is -2.30. The number of ether oxygens (including phenoxy) is 13. The van der Waals surface area contributed by atoms with E-state index in [1.807, 2.05) is 0 Å². The Bertz CT molecular complexity index is 2010. The molecule has 81 heavy (non-hydrogen) atoms. The summed E-state index contributed by atoms with van der Waals surface area (Å²) in [5.74, 6) is -1.72. The maximum Gasteiger partial charge on any atom is 0.217 e. The third-order valence-electron chi connectivity index (χ3n) is 15.2. The van der Waals surface area contributed by atoms with Gasteiger partial charge in [-0.05, 0) is 20.8 Å². The summed E-state index contributed by atoms with van der Waals surface area (Å²) in [6.07, 6.45) is -61.9. The van der Waals surface area contributed by atoms with Crippen LogP contribution in [-0.2, 0) is 71.2 Å². The molecule has 35 heteroatoms. The van der Waals surface area contributed by atoms with Crippen molar-refractivity contribution in [1.29, 1.82) is 0 Å². The number of aliphatic hydroxyl groups is 18. The van der Waals surface area contributed by atoms with Gasteiger partial charge in [-0.3, -0.25) is 9.59 Å². The summed E-state index contributed by atoms with van der Waals surface area (Å²) in [4.78, 5) is 25.8. The molecule has 0 aromatic heterocycles. The van der Waals surface area contributed by atoms with Gasteiger partial charge in [0.15, 0.2) is 44.0 Å². The van der Waals surface area contributed by atoms with Gasteiger partial charge in [-0.2, -0.15) is 0 Å². The van der Waals surface area contributed by atoms with Gasteiger partial charge in [0, 0.05) is 13.8 Å². The molecule has 7 aliphatic heterocycles. The van der Waals surface area contributed by atoms with Gasteiger partial charge in [0.1, 0.15) is 152 Å². The summed E-state index contributed by atoms with van der Waals surface area (Å²) in [6.45, 7) is 1.71. The van der Waals surface area contributed by atoms with Crippen molar-refractivity contribution in [2.45, 2.75) is 249 Å². The average molecular weight is 1190 g/mol. The van der Waals surface area contributed by atoms with Crippen molar-refractivity contribution in [1.82, 2.24) is 10.6 Å². The second-order valence-corrected chi connectivity index (χ2v) is 21.0. The molecule has 2 amide bonds. The summed E-state index contributed by atoms with van der Waals surface area (Å²) in [6, 6.07) is -3.58. The van der Waals surface area contributed by atoms with E-state index in [-0.39, 0.29) is 0 Å². The molecule has 0 radical (unpaired) electrons. The second kappa shape index (κ2) is 28.0. The van der Waals surface area contributed by atoms with Crippen LogP contribution in [0.5, 0.6) is 0 Å². The fraction of sp³-hybridized carbons (Fsp3) is 0.957. The number of hydrogen-bond acceptors (Lipinski definition) is 33. The zero-order valence-corrected chi connectivity index (χ0v) is 44.2. The SMILES string of the molecule is CC(=O)N[C@H]1C(O[C@@H]2OC(C)[C@@H](O)[C@H](O)C2O)[C@H](O[C@@H]2OC(CO)[C@H](O)C(O)C2O[C@@H]2O[C@@H](C)[C@@H](O)C(O)C2O)C(CO)O[C@H]1OC1C(O)[C@H](O[C@@H]2C(CO)O[C@@H](O)[C@@H](NC(C)=O)C2O[C@@H]2OC(C)[C@@H](O)[C@H](O)C2O)OC(CO)[C@@H]1O. The van der Waals surface area contributed by atoms with E-state index in [0.717, 1.165) is 13.8 Å². The number of aliphatic hydroxyl groups excluding tert-OH is 18. The van der Waals surface area contributed by atoms with Crippen LogP contribution in [0.25, 0.3) is 0 Å². The van der Waals surface area contributed by atoms with Crippen LogP contribution in [0.2, 0.25) is 0 Å². The molecule has 7 saturated heterocycles. The highest BCUT2D eigenvalue weighted by Crippen LogP contribution is 2.39. The van der Waals surface area contributed by atoms with E-state index in [1.54, 1.807) is 0 Å². The van der Waals surface area contributed by atoms with Crippen molar-refractivity contribution in [3.05, 3.63) is 0 Å². The Hall–Kier alpha value is -2.30. The average Bonchev–Trinajstić information content (AvgIpc) is 3.63. The Kier molecular flexibility index (Phi) is 22.9. The van der Waals surface area contributed by atoms with E-state index in [0.29, 0.717) is 0 Å². The number of hydrogen-bond donors (Lipinski definition) is 20. The van der Waals surface area contributed by atoms with Gasteiger partial charge in [-0.25, -0.2) is 0 Å². The van der Waals surface area contributed by atoms with E-state index in [1.165, 1.54) is 20.8 Å². The molecule has 7 rings (SSSR count). The van der Waals surface area contributed by atoms with Crippen LogP contribution in [-0.4, -0.2) is 345 Å². The minimum Gasteiger partial charge on any atom is -0.394 e. The van der Waals surface area contributed by atoms with Crippen LogP contribution in [0.3, 0.4) is 0 Å². The van der Waals surface area contributed by atoms with Crippen molar-refractivity contribution in [3.8, 4) is 0 Å². The van der Waals surface area contributed by atoms with E-state index in [4.69, 9.17) is 61.6 Å². The predicted molar refractivity (Wildman–Crippen MR) is 251 cm³/mol. The van der Waals surface area contributed by atoms with Crippen LogP contribution in [0.15, 0.2) is 0 Å². The van der Waals surface area contributed by atoms with Crippen LogP contribution < -0.4 is 10.6 Å². The second-order valence-electron chi connectivity index (χ2n) is 21.0. The van der Waals surface area contributed by atoms with Crippen molar-refractivity contribution >= 4 is 11.8 Å². The number of rotatable bonds is 18. The summed E-state index contributed by atoms with van der Waals surface area (Å²) in [5.41, 5.74) is 0. The van der Waals surface area contributed by atoms with E-state index < -0.39 is 253 Å². The molecule has 7 aliphatic rings. The number of nitrogens with one attached hydrogen (secondary N) is 2. The number of carbonyl (C=O) groups is 2. The van der Waals surface area contributed by atoms with Gasteiger partial charge < -0.3 is 164 Å². The molecule has 35 nitrogen and oxygen atoms in total. The molecule has 0 spiro atoms. The standard InChI is InChI=1S/C46H78N2O33/c1-10-21(55)26(60)30(64)42(69-10)78-36-19(47-13(4)53)40(68)72-17(8-51)34(36)76-45-33(67)38(25(59)16(7-50)73-45)80-41-20(48-14(5)54)37(79-43-31(65)27(61)22(56)11(2)70-43)35(18(9-52)75-41)77-46-39(29(63)24(58)15(6-49)74-46)81-44-32(66)28(62)23(57)12(3)71-44/h10-12,15-46,49-52,55-68H,6-9H2,1-5H3,(H,47,53)(H,48,54)/t10?,11?,12-,15?,16?,17?,18?,19-,20-,21+,22+,23+,24-,25-,26-,27-,28?,29?,30?,31?,32?,33?,34+,35+,36?,37?,38?,39?,40+,41-,42-,43-,44-,45-,46-/m0/s1. The van der Waals surface area contributed by atoms with Crippen molar-refractivity contribution in [3.63, 3.8) is 0 Å². The molecule has 0 aliphatic carbocycles. The summed E-state index contributed by atoms with van der Waals surface area (Å²) >= 11 is 0. The maximum atomic E-state index is 13.3. The van der Waals surface area contributed by atoms with Crippen LogP contribution in [0.1, 0.15) is 34.6 Å². The topological polar surface area (TPSA) is 542 Å². The molecule has 7 fully saturated rings. The first kappa shape index (κ1) is 66.2. The first-order valence-electron chi connectivity index (χ1n) is 26.2. The van der Waals surface area contributed by atoms with Crippen molar-refractivity contribution < 1.29 is 163 Å². The molecule has 0 saturated carbocycles. The molecule has 0 aromatic carbocycles. The van der Waals surface area contributed by atoms with Crippen LogP contribution in [0.4, 0.5) is 0 Å². The normalized spacial score (nSPS) is 51.8. The molecule has 35 atom stereocenters. The van der Waals surface area contributed by atoms with E-state index in [9.17, 15) is 102 Å². The third kappa shape index (κ3) is 14.1. The van der Waals surface area contributed by atoms with Gasteiger partial charge in [0.25, 0.3) is 0 Å². The summed E-state index contributed by atoms with van der Waals surface area (Å²) in [7, 11) is 0. The van der Waals surface area contributed by atoms with Crippen LogP contribution in [0, 0.1) is 0 Å². The zero-order valence-electron chi connectivity index (χ0n) is 44.2. The van der Waals surface area contributed by atoms with Crippen molar-refractivity contribution in [2.75, 3.05) is 26.4 Å². The van der Waals surface area contributed by atoms with Gasteiger partial charge in [-0.1, -0.05) is 0 Å². The highest BCUT2D eigenvalue weighted by molar-refractivity contribution is 5.73. The minimum absolute atomic E-state index is 0.793. The van der Waals surface area contributed by atoms with E-state index in [2.05, 4.69) is 10.6 Å². The van der Waals surface area contributed by atoms with Gasteiger partial charge in [0.2, 0.25) is 11.8 Å². The lowest BCUT2D eigenvalue weighted by atomic mass is 9.93. The Labute approximate surface area is 460 Å². The van der Waals surface area contributed by atoms with Gasteiger partial charge >= 0.3 is 0 Å². The Morgan fingerprint density at radius 2 is 0.654 bits per heavy atom. The highest BCUT2D eigenvalue weighted by Gasteiger charge is 2.60. The zero-order chi connectivity index (χ0) is 59.8. The smallest absolute Gasteiger partial charge is 0.217 e. The van der Waals surface area contributed by atoms with Gasteiger partial charge in [0.05, 0.1) is 44.7 Å². The Balaban J connectivity index is 1.24. The van der Waals surface area contributed by atoms with Gasteiger partial charge in [-0.15, -0.1) is 0 Å². The number of carbonyl (C=O) groups excluding carboxylic acids is 2. The lowest BCUT2D eigenvalue weighted by Gasteiger charge is -2.52. The fourth-order valence-electron chi connectivity index (χ4n) is 10.6. The summed E-state index contributed by atoms with van der Waals surface area (Å²) in [5, 5.41) is 201. The highest BCUT2D eigenvalue weighted by atomic mass is 16.8. The monoisotopic (exact) mass is 1190 g/mol. The molecular formula is C46H78N2O33.